The molecule has 2 heterocycles. The van der Waals surface area contributed by atoms with Crippen LogP contribution in [0.1, 0.15) is 16.9 Å². The fraction of sp³-hybridized carbons (Fsp3) is 0.308. The SMILES string of the molecule is Cn1c(C(=O)N2CCC2)cc2ccc(Cl)cc21. The smallest absolute Gasteiger partial charge is 0.270 e. The van der Waals surface area contributed by atoms with Gasteiger partial charge in [0.2, 0.25) is 0 Å². The zero-order chi connectivity index (χ0) is 12.0. The molecule has 0 saturated carbocycles. The number of aryl methyl sites for hydroxylation is 1. The lowest BCUT2D eigenvalue weighted by molar-refractivity contribution is 0.0642. The third-order valence-corrected chi connectivity index (χ3v) is 3.60. The number of halogens is 1. The Morgan fingerprint density at radius 3 is 2.71 bits per heavy atom. The van der Waals surface area contributed by atoms with Crippen molar-refractivity contribution < 1.29 is 4.79 Å². The minimum atomic E-state index is 0.117. The van der Waals surface area contributed by atoms with E-state index in [1.165, 1.54) is 0 Å². The maximum atomic E-state index is 12.2. The summed E-state index contributed by atoms with van der Waals surface area (Å²) in [6.07, 6.45) is 1.11. The summed E-state index contributed by atoms with van der Waals surface area (Å²) in [5.41, 5.74) is 1.74. The van der Waals surface area contributed by atoms with Crippen molar-refractivity contribution in [1.82, 2.24) is 9.47 Å². The van der Waals surface area contributed by atoms with Gasteiger partial charge in [-0.1, -0.05) is 17.7 Å². The molecule has 0 N–H and O–H groups in total. The zero-order valence-electron chi connectivity index (χ0n) is 9.61. The number of likely N-dealkylation sites (tertiary alicyclic amines) is 1. The molecule has 1 saturated heterocycles. The third-order valence-electron chi connectivity index (χ3n) is 3.37. The van der Waals surface area contributed by atoms with Crippen LogP contribution in [0, 0.1) is 0 Å². The van der Waals surface area contributed by atoms with E-state index in [4.69, 9.17) is 11.6 Å². The first kappa shape index (κ1) is 10.7. The van der Waals surface area contributed by atoms with Gasteiger partial charge >= 0.3 is 0 Å². The van der Waals surface area contributed by atoms with Crippen LogP contribution in [0.25, 0.3) is 10.9 Å². The van der Waals surface area contributed by atoms with Crippen LogP contribution in [0.15, 0.2) is 24.3 Å². The standard InChI is InChI=1S/C13H13ClN2O/c1-15-11-8-10(14)4-3-9(11)7-12(15)13(17)16-5-2-6-16/h3-4,7-8H,2,5-6H2,1H3. The number of aromatic nitrogens is 1. The summed E-state index contributed by atoms with van der Waals surface area (Å²) in [6, 6.07) is 7.63. The molecule has 2 aromatic rings. The fourth-order valence-electron chi connectivity index (χ4n) is 2.19. The average Bonchev–Trinajstić information content (AvgIpc) is 2.54. The van der Waals surface area contributed by atoms with Crippen molar-refractivity contribution in [2.24, 2.45) is 7.05 Å². The lowest BCUT2D eigenvalue weighted by atomic mass is 10.2. The van der Waals surface area contributed by atoms with Gasteiger partial charge in [0.25, 0.3) is 5.91 Å². The molecule has 3 nitrogen and oxygen atoms in total. The molecule has 1 aromatic heterocycles. The summed E-state index contributed by atoms with van der Waals surface area (Å²) < 4.78 is 1.92. The number of carbonyl (C=O) groups excluding carboxylic acids is 1. The summed E-state index contributed by atoms with van der Waals surface area (Å²) in [5, 5.41) is 1.75. The van der Waals surface area contributed by atoms with Gasteiger partial charge in [0, 0.05) is 36.1 Å². The monoisotopic (exact) mass is 248 g/mol. The normalized spacial score (nSPS) is 15.1. The Bertz CT molecular complexity index is 599. The topological polar surface area (TPSA) is 25.2 Å². The molecule has 1 aromatic carbocycles. The van der Waals surface area contributed by atoms with E-state index in [1.807, 2.05) is 40.8 Å². The van der Waals surface area contributed by atoms with E-state index < -0.39 is 0 Å². The van der Waals surface area contributed by atoms with Crippen molar-refractivity contribution in [2.75, 3.05) is 13.1 Å². The number of amides is 1. The maximum Gasteiger partial charge on any atom is 0.270 e. The highest BCUT2D eigenvalue weighted by atomic mass is 35.5. The summed E-state index contributed by atoms with van der Waals surface area (Å²) >= 11 is 5.97. The van der Waals surface area contributed by atoms with Gasteiger partial charge in [-0.25, -0.2) is 0 Å². The molecule has 1 fully saturated rings. The number of fused-ring (bicyclic) bond motifs is 1. The van der Waals surface area contributed by atoms with Gasteiger partial charge in [0.05, 0.1) is 0 Å². The van der Waals surface area contributed by atoms with Crippen LogP contribution in [-0.2, 0) is 7.05 Å². The average molecular weight is 249 g/mol. The largest absolute Gasteiger partial charge is 0.340 e. The number of hydrogen-bond acceptors (Lipinski definition) is 1. The van der Waals surface area contributed by atoms with E-state index in [-0.39, 0.29) is 5.91 Å². The second-order valence-electron chi connectivity index (χ2n) is 4.44. The molecule has 0 aliphatic carbocycles. The van der Waals surface area contributed by atoms with Gasteiger partial charge in [0.1, 0.15) is 5.69 Å². The van der Waals surface area contributed by atoms with Crippen molar-refractivity contribution in [1.29, 1.82) is 0 Å². The summed E-state index contributed by atoms with van der Waals surface area (Å²) in [4.78, 5) is 14.0. The summed E-state index contributed by atoms with van der Waals surface area (Å²) in [5.74, 6) is 0.117. The molecule has 0 bridgehead atoms. The van der Waals surface area contributed by atoms with Crippen molar-refractivity contribution in [3.05, 3.63) is 35.0 Å². The van der Waals surface area contributed by atoms with E-state index in [0.717, 1.165) is 36.1 Å². The Balaban J connectivity index is 2.10. The van der Waals surface area contributed by atoms with Gasteiger partial charge in [-0.2, -0.15) is 0 Å². The van der Waals surface area contributed by atoms with Crippen LogP contribution in [0.4, 0.5) is 0 Å². The second-order valence-corrected chi connectivity index (χ2v) is 4.87. The van der Waals surface area contributed by atoms with Crippen molar-refractivity contribution >= 4 is 28.4 Å². The Hall–Kier alpha value is -1.48. The van der Waals surface area contributed by atoms with Gasteiger partial charge < -0.3 is 9.47 Å². The number of hydrogen-bond donors (Lipinski definition) is 0. The van der Waals surface area contributed by atoms with Crippen LogP contribution in [-0.4, -0.2) is 28.5 Å². The number of rotatable bonds is 1. The quantitative estimate of drug-likeness (QED) is 0.762. The van der Waals surface area contributed by atoms with E-state index >= 15 is 0 Å². The molecule has 0 atom stereocenters. The molecule has 1 aliphatic heterocycles. The molecule has 88 valence electrons. The fourth-order valence-corrected chi connectivity index (χ4v) is 2.36. The Labute approximate surface area is 105 Å². The van der Waals surface area contributed by atoms with E-state index in [9.17, 15) is 4.79 Å². The molecular formula is C13H13ClN2O. The first-order valence-electron chi connectivity index (χ1n) is 5.71. The van der Waals surface area contributed by atoms with Crippen molar-refractivity contribution in [3.63, 3.8) is 0 Å². The van der Waals surface area contributed by atoms with Gasteiger partial charge in [-0.05, 0) is 24.6 Å². The second kappa shape index (κ2) is 3.77. The first-order chi connectivity index (χ1) is 8.16. The minimum absolute atomic E-state index is 0.117. The number of carbonyl (C=O) groups is 1. The third kappa shape index (κ3) is 1.62. The molecule has 0 unspecified atom stereocenters. The highest BCUT2D eigenvalue weighted by molar-refractivity contribution is 6.31. The van der Waals surface area contributed by atoms with Crippen LogP contribution < -0.4 is 0 Å². The van der Waals surface area contributed by atoms with Gasteiger partial charge in [-0.15, -0.1) is 0 Å². The highest BCUT2D eigenvalue weighted by Crippen LogP contribution is 2.24. The van der Waals surface area contributed by atoms with E-state index in [1.54, 1.807) is 0 Å². The van der Waals surface area contributed by atoms with Gasteiger partial charge in [0.15, 0.2) is 0 Å². The lowest BCUT2D eigenvalue weighted by Gasteiger charge is -2.30. The molecule has 4 heteroatoms. The minimum Gasteiger partial charge on any atom is -0.340 e. The van der Waals surface area contributed by atoms with Crippen molar-refractivity contribution in [3.8, 4) is 0 Å². The Morgan fingerprint density at radius 1 is 1.29 bits per heavy atom. The Morgan fingerprint density at radius 2 is 2.06 bits per heavy atom. The van der Waals surface area contributed by atoms with Crippen molar-refractivity contribution in [2.45, 2.75) is 6.42 Å². The molecule has 1 aliphatic rings. The molecular weight excluding hydrogens is 236 g/mol. The molecule has 3 rings (SSSR count). The van der Waals surface area contributed by atoms with Crippen LogP contribution in [0.2, 0.25) is 5.02 Å². The molecule has 17 heavy (non-hydrogen) atoms. The predicted molar refractivity (Wildman–Crippen MR) is 68.4 cm³/mol. The predicted octanol–water partition coefficient (Wildman–Crippen LogP) is 2.68. The Kier molecular flexibility index (Phi) is 2.37. The summed E-state index contributed by atoms with van der Waals surface area (Å²) in [6.45, 7) is 1.75. The van der Waals surface area contributed by atoms with Gasteiger partial charge in [-0.3, -0.25) is 4.79 Å². The van der Waals surface area contributed by atoms with Crippen LogP contribution in [0.3, 0.4) is 0 Å². The lowest BCUT2D eigenvalue weighted by Crippen LogP contribution is -2.42. The molecule has 1 amide bonds. The summed E-state index contributed by atoms with van der Waals surface area (Å²) in [7, 11) is 1.91. The van der Waals surface area contributed by atoms with E-state index in [0.29, 0.717) is 5.02 Å². The number of nitrogens with zero attached hydrogens (tertiary/aromatic N) is 2. The molecule has 0 radical (unpaired) electrons. The van der Waals surface area contributed by atoms with Crippen LogP contribution >= 0.6 is 11.6 Å². The van der Waals surface area contributed by atoms with E-state index in [2.05, 4.69) is 0 Å². The molecule has 0 spiro atoms. The maximum absolute atomic E-state index is 12.2. The first-order valence-corrected chi connectivity index (χ1v) is 6.09. The highest BCUT2D eigenvalue weighted by Gasteiger charge is 2.24. The number of benzene rings is 1. The zero-order valence-corrected chi connectivity index (χ0v) is 10.4. The van der Waals surface area contributed by atoms with Crippen LogP contribution in [0.5, 0.6) is 0 Å².